The van der Waals surface area contributed by atoms with Crippen LogP contribution in [0.15, 0.2) is 60.7 Å². The first-order chi connectivity index (χ1) is 26.8. The molecule has 4 aliphatic rings. The molecule has 1 atom stereocenters. The molecule has 2 aromatic carbocycles. The monoisotopic (exact) mass is 762 g/mol. The zero-order chi connectivity index (χ0) is 38.5. The number of carbonyl (C=O) groups is 3. The largest absolute Gasteiger partial charge is 0.489 e. The van der Waals surface area contributed by atoms with Gasteiger partial charge in [-0.25, -0.2) is 0 Å². The number of nitrogens with zero attached hydrogens (tertiary/aromatic N) is 4. The number of likely N-dealkylation sites (tertiary alicyclic amines) is 1. The van der Waals surface area contributed by atoms with Crippen molar-refractivity contribution in [3.05, 3.63) is 87.2 Å². The van der Waals surface area contributed by atoms with Gasteiger partial charge in [-0.05, 0) is 81.4 Å². The molecule has 3 amide bonds. The number of hydrogen-bond donors (Lipinski definition) is 2. The number of benzene rings is 2. The maximum Gasteiger partial charge on any atom is 0.265 e. The molecule has 0 radical (unpaired) electrons. The van der Waals surface area contributed by atoms with Gasteiger partial charge in [-0.3, -0.25) is 29.6 Å². The molecule has 1 unspecified atom stereocenters. The second-order valence-corrected chi connectivity index (χ2v) is 16.0. The average molecular weight is 763 g/mol. The highest BCUT2D eigenvalue weighted by atomic mass is 32.1. The number of fused-ring (bicyclic) bond motifs is 1. The summed E-state index contributed by atoms with van der Waals surface area (Å²) in [4.78, 5) is 50.7. The molecule has 10 nitrogen and oxygen atoms in total. The van der Waals surface area contributed by atoms with Crippen molar-refractivity contribution in [2.24, 2.45) is 0 Å². The number of thiophene rings is 1. The maximum absolute atomic E-state index is 12.6. The number of aromatic nitrogens is 1. The third kappa shape index (κ3) is 8.64. The summed E-state index contributed by atoms with van der Waals surface area (Å²) in [5, 5.41) is 5.38. The predicted octanol–water partition coefficient (Wildman–Crippen LogP) is 6.76. The van der Waals surface area contributed by atoms with E-state index in [0.717, 1.165) is 90.9 Å². The number of hydrogen-bond acceptors (Lipinski definition) is 9. The molecule has 3 saturated heterocycles. The van der Waals surface area contributed by atoms with E-state index >= 15 is 0 Å². The molecule has 0 saturated carbocycles. The Kier molecular flexibility index (Phi) is 12.3. The number of pyridine rings is 1. The lowest BCUT2D eigenvalue weighted by Crippen LogP contribution is -2.49. The molecule has 290 valence electrons. The number of imide groups is 1. The van der Waals surface area contributed by atoms with E-state index in [9.17, 15) is 14.4 Å². The van der Waals surface area contributed by atoms with Gasteiger partial charge >= 0.3 is 0 Å². The molecule has 0 spiro atoms. The molecule has 8 rings (SSSR count). The van der Waals surface area contributed by atoms with Gasteiger partial charge in [0, 0.05) is 78.6 Å². The SMILES string of the molecule is CC.Cc1nc(-c2ccc(C3CCN(CCN4CCN(c5ccc(C6CCC(=O)NC6=O)cc5)CC4)CC3)cc2)ccc1-c1c(C)sc2c1OCCNC2=O. The Morgan fingerprint density at radius 3 is 2.15 bits per heavy atom. The Hall–Kier alpha value is -4.58. The normalized spacial score (nSPS) is 19.7. The first-order valence-corrected chi connectivity index (χ1v) is 20.9. The summed E-state index contributed by atoms with van der Waals surface area (Å²) in [5.74, 6) is 0.616. The van der Waals surface area contributed by atoms with Crippen molar-refractivity contribution in [1.82, 2.24) is 25.4 Å². The van der Waals surface area contributed by atoms with Gasteiger partial charge in [-0.2, -0.15) is 0 Å². The zero-order valence-corrected chi connectivity index (χ0v) is 33.5. The number of piperazine rings is 1. The van der Waals surface area contributed by atoms with Crippen molar-refractivity contribution in [2.45, 2.75) is 65.2 Å². The molecular weight excluding hydrogens is 709 g/mol. The number of ether oxygens (including phenoxy) is 1. The maximum atomic E-state index is 12.6. The van der Waals surface area contributed by atoms with Gasteiger partial charge < -0.3 is 19.9 Å². The lowest BCUT2D eigenvalue weighted by atomic mass is 9.88. The lowest BCUT2D eigenvalue weighted by Gasteiger charge is -2.38. The Balaban J connectivity index is 0.00000229. The number of carbonyl (C=O) groups excluding carboxylic acids is 3. The first kappa shape index (κ1) is 38.7. The number of aryl methyl sites for hydroxylation is 2. The van der Waals surface area contributed by atoms with E-state index in [0.29, 0.717) is 42.5 Å². The van der Waals surface area contributed by atoms with E-state index in [1.807, 2.05) is 27.7 Å². The summed E-state index contributed by atoms with van der Waals surface area (Å²) in [6, 6.07) is 21.6. The van der Waals surface area contributed by atoms with Gasteiger partial charge in [-0.1, -0.05) is 56.3 Å². The zero-order valence-electron chi connectivity index (χ0n) is 32.7. The number of rotatable bonds is 8. The van der Waals surface area contributed by atoms with Crippen LogP contribution in [0.3, 0.4) is 0 Å². The van der Waals surface area contributed by atoms with Crippen molar-refractivity contribution in [3.63, 3.8) is 0 Å². The van der Waals surface area contributed by atoms with Gasteiger partial charge in [0.1, 0.15) is 11.5 Å². The first-order valence-electron chi connectivity index (χ1n) is 20.1. The molecule has 4 aliphatic heterocycles. The fraction of sp³-hybridized carbons (Fsp3) is 0.455. The fourth-order valence-corrected chi connectivity index (χ4v) is 9.39. The average Bonchev–Trinajstić information content (AvgIpc) is 3.44. The van der Waals surface area contributed by atoms with Crippen LogP contribution >= 0.6 is 11.3 Å². The van der Waals surface area contributed by atoms with E-state index in [4.69, 9.17) is 9.72 Å². The summed E-state index contributed by atoms with van der Waals surface area (Å²) >= 11 is 1.48. The van der Waals surface area contributed by atoms with Crippen LogP contribution in [0.25, 0.3) is 22.4 Å². The van der Waals surface area contributed by atoms with E-state index in [1.165, 1.54) is 35.4 Å². The summed E-state index contributed by atoms with van der Waals surface area (Å²) in [7, 11) is 0. The van der Waals surface area contributed by atoms with Crippen LogP contribution in [-0.2, 0) is 9.59 Å². The number of amides is 3. The summed E-state index contributed by atoms with van der Waals surface area (Å²) in [6.07, 6.45) is 3.35. The van der Waals surface area contributed by atoms with Crippen molar-refractivity contribution in [3.8, 4) is 28.1 Å². The molecular formula is C44H54N6O4S. The van der Waals surface area contributed by atoms with Crippen LogP contribution in [0.2, 0.25) is 0 Å². The summed E-state index contributed by atoms with van der Waals surface area (Å²) in [5.41, 5.74) is 8.59. The smallest absolute Gasteiger partial charge is 0.265 e. The highest BCUT2D eigenvalue weighted by molar-refractivity contribution is 7.15. The van der Waals surface area contributed by atoms with Crippen LogP contribution in [0, 0.1) is 13.8 Å². The second kappa shape index (κ2) is 17.5. The second-order valence-electron chi connectivity index (χ2n) is 14.8. The highest BCUT2D eigenvalue weighted by Gasteiger charge is 2.29. The predicted molar refractivity (Wildman–Crippen MR) is 220 cm³/mol. The van der Waals surface area contributed by atoms with E-state index in [-0.39, 0.29) is 23.6 Å². The molecule has 0 bridgehead atoms. The van der Waals surface area contributed by atoms with E-state index in [1.54, 1.807) is 0 Å². The van der Waals surface area contributed by atoms with Crippen LogP contribution in [0.4, 0.5) is 5.69 Å². The quantitative estimate of drug-likeness (QED) is 0.190. The molecule has 55 heavy (non-hydrogen) atoms. The minimum absolute atomic E-state index is 0.0641. The third-order valence-electron chi connectivity index (χ3n) is 11.5. The van der Waals surface area contributed by atoms with E-state index in [2.05, 4.69) is 86.0 Å². The molecule has 0 aliphatic carbocycles. The van der Waals surface area contributed by atoms with Gasteiger partial charge in [0.2, 0.25) is 11.8 Å². The molecule has 2 N–H and O–H groups in total. The van der Waals surface area contributed by atoms with Gasteiger partial charge in [0.05, 0.1) is 18.2 Å². The number of nitrogens with one attached hydrogen (secondary N) is 2. The lowest BCUT2D eigenvalue weighted by molar-refractivity contribution is -0.134. The number of piperidine rings is 2. The molecule has 3 fully saturated rings. The third-order valence-corrected chi connectivity index (χ3v) is 12.6. The van der Waals surface area contributed by atoms with Crippen LogP contribution in [0.1, 0.15) is 82.7 Å². The Labute approximate surface area is 329 Å². The summed E-state index contributed by atoms with van der Waals surface area (Å²) in [6.45, 7) is 17.6. The summed E-state index contributed by atoms with van der Waals surface area (Å²) < 4.78 is 6.03. The highest BCUT2D eigenvalue weighted by Crippen LogP contribution is 2.44. The van der Waals surface area contributed by atoms with Crippen molar-refractivity contribution in [2.75, 3.05) is 70.4 Å². The van der Waals surface area contributed by atoms with E-state index < -0.39 is 0 Å². The van der Waals surface area contributed by atoms with Gasteiger partial charge in [-0.15, -0.1) is 11.3 Å². The van der Waals surface area contributed by atoms with Crippen LogP contribution < -0.4 is 20.3 Å². The van der Waals surface area contributed by atoms with Gasteiger partial charge in [0.15, 0.2) is 5.75 Å². The molecule has 2 aromatic heterocycles. The van der Waals surface area contributed by atoms with Crippen molar-refractivity contribution >= 4 is 34.7 Å². The molecule has 6 heterocycles. The minimum Gasteiger partial charge on any atom is -0.489 e. The Morgan fingerprint density at radius 1 is 0.800 bits per heavy atom. The molecule has 4 aromatic rings. The van der Waals surface area contributed by atoms with Crippen molar-refractivity contribution < 1.29 is 19.1 Å². The van der Waals surface area contributed by atoms with Crippen LogP contribution in [-0.4, -0.2) is 98.0 Å². The standard InChI is InChI=1S/C42H48N6O4S.C2H6/c1-27-34(38-28(2)53-40-39(38)52-26-17-43-42(40)51)11-13-36(44-27)32-5-3-29(4-6-32)30-15-18-46(19-16-30)20-21-47-22-24-48(25-23-47)33-9-7-31(8-10-33)35-12-14-37(49)45-41(35)50;1-2/h3-11,13,30,35H,12,14-26H2,1-2H3,(H,43,51)(H,45,49,50);1-2H3. The topological polar surface area (TPSA) is 107 Å². The van der Waals surface area contributed by atoms with Gasteiger partial charge in [0.25, 0.3) is 5.91 Å². The number of anilines is 1. The fourth-order valence-electron chi connectivity index (χ4n) is 8.36. The van der Waals surface area contributed by atoms with Crippen LogP contribution in [0.5, 0.6) is 5.75 Å². The minimum atomic E-state index is -0.233. The Bertz CT molecular complexity index is 1980. The molecule has 11 heteroatoms. The Morgan fingerprint density at radius 2 is 1.47 bits per heavy atom. The van der Waals surface area contributed by atoms with Crippen molar-refractivity contribution in [1.29, 1.82) is 0 Å².